The van der Waals surface area contributed by atoms with Gasteiger partial charge in [-0.1, -0.05) is 11.6 Å². The Bertz CT molecular complexity index is 541. The second-order valence-electron chi connectivity index (χ2n) is 5.64. The molecule has 1 saturated heterocycles. The van der Waals surface area contributed by atoms with Gasteiger partial charge in [-0.3, -0.25) is 14.6 Å². The predicted molar refractivity (Wildman–Crippen MR) is 77.2 cm³/mol. The van der Waals surface area contributed by atoms with Crippen molar-refractivity contribution in [2.75, 3.05) is 24.5 Å². The summed E-state index contributed by atoms with van der Waals surface area (Å²) in [6.45, 7) is 6.03. The third kappa shape index (κ3) is 4.04. The minimum atomic E-state index is -0.584. The lowest BCUT2D eigenvalue weighted by Gasteiger charge is -2.34. The molecule has 0 aliphatic carbocycles. The first-order valence-electron chi connectivity index (χ1n) is 6.52. The number of nitrogens with zero attached hydrogens (tertiary/aromatic N) is 4. The number of aromatic nitrogens is 2. The summed E-state index contributed by atoms with van der Waals surface area (Å²) < 4.78 is 5.25. The van der Waals surface area contributed by atoms with Gasteiger partial charge in [0.15, 0.2) is 5.82 Å². The smallest absolute Gasteiger partial charge is 0.410 e. The molecule has 1 fully saturated rings. The summed E-state index contributed by atoms with van der Waals surface area (Å²) in [6.07, 6.45) is 2.33. The molecule has 8 heteroatoms. The molecule has 2 rings (SSSR count). The summed E-state index contributed by atoms with van der Waals surface area (Å²) in [6, 6.07) is 0. The average molecular weight is 313 g/mol. The minimum absolute atomic E-state index is 0.0424. The Hall–Kier alpha value is -1.89. The molecule has 0 radical (unpaired) electrons. The summed E-state index contributed by atoms with van der Waals surface area (Å²) in [5.74, 6) is 0.192. The van der Waals surface area contributed by atoms with E-state index < -0.39 is 11.7 Å². The zero-order chi connectivity index (χ0) is 15.6. The van der Waals surface area contributed by atoms with Gasteiger partial charge < -0.3 is 4.74 Å². The van der Waals surface area contributed by atoms with Crippen molar-refractivity contribution in [2.45, 2.75) is 26.4 Å². The molecular weight excluding hydrogens is 296 g/mol. The molecular formula is C13H17ClN4O3. The van der Waals surface area contributed by atoms with E-state index in [1.54, 1.807) is 20.8 Å². The number of anilines is 1. The Kier molecular flexibility index (Phi) is 4.32. The highest BCUT2D eigenvalue weighted by atomic mass is 35.5. The van der Waals surface area contributed by atoms with Gasteiger partial charge >= 0.3 is 6.09 Å². The molecule has 0 aromatic carbocycles. The molecule has 1 aliphatic heterocycles. The highest BCUT2D eigenvalue weighted by molar-refractivity contribution is 6.29. The number of rotatable bonds is 1. The molecule has 0 spiro atoms. The Morgan fingerprint density at radius 2 is 2.00 bits per heavy atom. The minimum Gasteiger partial charge on any atom is -0.444 e. The molecule has 0 saturated carbocycles. The normalized spacial score (nSPS) is 16.1. The molecule has 0 unspecified atom stereocenters. The third-order valence-electron chi connectivity index (χ3n) is 2.76. The van der Waals surface area contributed by atoms with Crippen LogP contribution in [-0.2, 0) is 9.53 Å². The third-order valence-corrected chi connectivity index (χ3v) is 2.95. The molecule has 7 nitrogen and oxygen atoms in total. The molecule has 1 aromatic heterocycles. The number of carbonyl (C=O) groups is 2. The number of ether oxygens (including phenoxy) is 1. The topological polar surface area (TPSA) is 75.6 Å². The monoisotopic (exact) mass is 312 g/mol. The van der Waals surface area contributed by atoms with Crippen LogP contribution in [0.15, 0.2) is 12.4 Å². The van der Waals surface area contributed by atoms with Gasteiger partial charge in [0.05, 0.1) is 12.4 Å². The van der Waals surface area contributed by atoms with Crippen molar-refractivity contribution < 1.29 is 14.3 Å². The summed E-state index contributed by atoms with van der Waals surface area (Å²) in [7, 11) is 0. The maximum Gasteiger partial charge on any atom is 0.410 e. The molecule has 0 atom stereocenters. The number of amides is 2. The van der Waals surface area contributed by atoms with Crippen LogP contribution < -0.4 is 4.90 Å². The Balaban J connectivity index is 2.01. The lowest BCUT2D eigenvalue weighted by Crippen LogP contribution is -2.53. The van der Waals surface area contributed by atoms with Crippen molar-refractivity contribution in [1.82, 2.24) is 14.9 Å². The van der Waals surface area contributed by atoms with Gasteiger partial charge in [0.2, 0.25) is 5.91 Å². The van der Waals surface area contributed by atoms with Gasteiger partial charge in [-0.15, -0.1) is 0 Å². The van der Waals surface area contributed by atoms with E-state index in [0.29, 0.717) is 18.9 Å². The van der Waals surface area contributed by atoms with Crippen LogP contribution in [0.4, 0.5) is 10.6 Å². The maximum absolute atomic E-state index is 12.1. The molecule has 1 aliphatic rings. The van der Waals surface area contributed by atoms with Crippen LogP contribution in [0.5, 0.6) is 0 Å². The lowest BCUT2D eigenvalue weighted by atomic mass is 10.2. The van der Waals surface area contributed by atoms with E-state index in [2.05, 4.69) is 9.97 Å². The van der Waals surface area contributed by atoms with Crippen molar-refractivity contribution in [3.63, 3.8) is 0 Å². The first-order chi connectivity index (χ1) is 9.76. The van der Waals surface area contributed by atoms with Crippen molar-refractivity contribution in [1.29, 1.82) is 0 Å². The van der Waals surface area contributed by atoms with Gasteiger partial charge in [0.1, 0.15) is 17.3 Å². The fraction of sp³-hybridized carbons (Fsp3) is 0.538. The van der Waals surface area contributed by atoms with Crippen LogP contribution in [0.3, 0.4) is 0 Å². The highest BCUT2D eigenvalue weighted by Gasteiger charge is 2.31. The molecule has 0 N–H and O–H groups in total. The number of piperazine rings is 1. The second kappa shape index (κ2) is 5.85. The van der Waals surface area contributed by atoms with E-state index in [4.69, 9.17) is 16.3 Å². The largest absolute Gasteiger partial charge is 0.444 e. The molecule has 2 amide bonds. The zero-order valence-electron chi connectivity index (χ0n) is 12.2. The van der Waals surface area contributed by atoms with Crippen molar-refractivity contribution in [3.05, 3.63) is 17.5 Å². The van der Waals surface area contributed by atoms with E-state index >= 15 is 0 Å². The molecule has 21 heavy (non-hydrogen) atoms. The fourth-order valence-corrected chi connectivity index (χ4v) is 1.94. The van der Waals surface area contributed by atoms with Crippen molar-refractivity contribution >= 4 is 29.4 Å². The quantitative estimate of drug-likeness (QED) is 0.789. The summed E-state index contributed by atoms with van der Waals surface area (Å²) >= 11 is 5.67. The zero-order valence-corrected chi connectivity index (χ0v) is 12.9. The number of hydrogen-bond donors (Lipinski definition) is 0. The second-order valence-corrected chi connectivity index (χ2v) is 6.03. The van der Waals surface area contributed by atoms with E-state index in [-0.39, 0.29) is 17.6 Å². The van der Waals surface area contributed by atoms with Gasteiger partial charge in [-0.25, -0.2) is 14.8 Å². The SMILES string of the molecule is CC(C)(C)OC(=O)N1CCN(c2cnc(Cl)cn2)C(=O)C1. The van der Waals surface area contributed by atoms with Crippen LogP contribution in [0, 0.1) is 0 Å². The van der Waals surface area contributed by atoms with Crippen LogP contribution in [0.25, 0.3) is 0 Å². The van der Waals surface area contributed by atoms with Gasteiger partial charge in [0.25, 0.3) is 0 Å². The average Bonchev–Trinajstić information content (AvgIpc) is 2.38. The predicted octanol–water partition coefficient (Wildman–Crippen LogP) is 1.71. The number of hydrogen-bond acceptors (Lipinski definition) is 5. The van der Waals surface area contributed by atoms with Gasteiger partial charge in [0, 0.05) is 13.1 Å². The van der Waals surface area contributed by atoms with Crippen molar-refractivity contribution in [2.24, 2.45) is 0 Å². The molecule has 114 valence electrons. The van der Waals surface area contributed by atoms with E-state index in [1.165, 1.54) is 22.2 Å². The van der Waals surface area contributed by atoms with E-state index in [1.807, 2.05) is 0 Å². The standard InChI is InChI=1S/C13H17ClN4O3/c1-13(2,3)21-12(20)17-4-5-18(11(19)8-17)10-7-15-9(14)6-16-10/h6-7H,4-5,8H2,1-3H3. The number of halogens is 1. The highest BCUT2D eigenvalue weighted by Crippen LogP contribution is 2.17. The molecule has 1 aromatic rings. The number of carbonyl (C=O) groups excluding carboxylic acids is 2. The van der Waals surface area contributed by atoms with Gasteiger partial charge in [-0.05, 0) is 20.8 Å². The Morgan fingerprint density at radius 1 is 1.29 bits per heavy atom. The summed E-state index contributed by atoms with van der Waals surface area (Å²) in [5.41, 5.74) is -0.584. The van der Waals surface area contributed by atoms with Crippen LogP contribution in [0.1, 0.15) is 20.8 Å². The molecule has 0 bridgehead atoms. The lowest BCUT2D eigenvalue weighted by molar-refractivity contribution is -0.121. The molecule has 2 heterocycles. The maximum atomic E-state index is 12.1. The summed E-state index contributed by atoms with van der Waals surface area (Å²) in [4.78, 5) is 34.9. The first-order valence-corrected chi connectivity index (χ1v) is 6.90. The fourth-order valence-electron chi connectivity index (χ4n) is 1.84. The van der Waals surface area contributed by atoms with Crippen LogP contribution >= 0.6 is 11.6 Å². The van der Waals surface area contributed by atoms with Crippen LogP contribution in [-0.4, -0.2) is 52.1 Å². The summed E-state index contributed by atoms with van der Waals surface area (Å²) in [5, 5.41) is 0.263. The van der Waals surface area contributed by atoms with Gasteiger partial charge in [-0.2, -0.15) is 0 Å². The van der Waals surface area contributed by atoms with E-state index in [9.17, 15) is 9.59 Å². The van der Waals surface area contributed by atoms with Crippen molar-refractivity contribution in [3.8, 4) is 0 Å². The Morgan fingerprint density at radius 3 is 2.52 bits per heavy atom. The van der Waals surface area contributed by atoms with Crippen LogP contribution in [0.2, 0.25) is 5.15 Å². The Labute approximate surface area is 127 Å². The van der Waals surface area contributed by atoms with E-state index in [0.717, 1.165) is 0 Å². The first kappa shape index (κ1) is 15.5.